The van der Waals surface area contributed by atoms with E-state index in [1.165, 1.54) is 5.56 Å². The van der Waals surface area contributed by atoms with E-state index in [-0.39, 0.29) is 0 Å². The Labute approximate surface area is 171 Å². The minimum absolute atomic E-state index is 0.394. The second-order valence-electron chi connectivity index (χ2n) is 6.37. The molecule has 0 atom stereocenters. The first-order valence-electron chi connectivity index (χ1n) is 9.18. The van der Waals surface area contributed by atoms with Crippen molar-refractivity contribution in [2.75, 3.05) is 14.2 Å². The van der Waals surface area contributed by atoms with Crippen molar-refractivity contribution < 1.29 is 19.5 Å². The number of ether oxygens (including phenoxy) is 3. The van der Waals surface area contributed by atoms with Gasteiger partial charge in [0, 0.05) is 16.1 Å². The molecule has 0 aliphatic rings. The third kappa shape index (κ3) is 5.18. The topological polar surface area (TPSA) is 44.3 Å². The lowest BCUT2D eigenvalue weighted by Gasteiger charge is -2.15. The van der Waals surface area contributed by atoms with Crippen LogP contribution in [-0.4, -0.2) is 14.2 Å². The fourth-order valence-corrected chi connectivity index (χ4v) is 3.16. The lowest BCUT2D eigenvalue weighted by atomic mass is 10.1. The van der Waals surface area contributed by atoms with Gasteiger partial charge in [-0.1, -0.05) is 35.9 Å². The standard InChI is InChI=1S/C23H24ClNO3/c1-26-20-12-10-17(11-13-20)14-25-15-18-7-5-9-22(27-2)23(18)28-16-19-6-3-4-8-21(19)24/h3-13,25H,14-16H2,1-2H3/p+1. The molecule has 0 saturated carbocycles. The van der Waals surface area contributed by atoms with Crippen molar-refractivity contribution in [2.45, 2.75) is 19.7 Å². The molecule has 3 aromatic rings. The SMILES string of the molecule is COc1ccc(C[NH2+]Cc2cccc(OC)c2OCc2ccccc2Cl)cc1. The molecule has 0 unspecified atom stereocenters. The van der Waals surface area contributed by atoms with Crippen molar-refractivity contribution in [1.29, 1.82) is 0 Å². The number of nitrogens with two attached hydrogens (primary N) is 1. The van der Waals surface area contributed by atoms with Crippen LogP contribution in [0.1, 0.15) is 16.7 Å². The Morgan fingerprint density at radius 1 is 0.786 bits per heavy atom. The summed E-state index contributed by atoms with van der Waals surface area (Å²) in [5.41, 5.74) is 3.27. The average molecular weight is 399 g/mol. The molecule has 0 amide bonds. The van der Waals surface area contributed by atoms with Gasteiger partial charge in [0.1, 0.15) is 25.4 Å². The molecule has 28 heavy (non-hydrogen) atoms. The third-order valence-electron chi connectivity index (χ3n) is 4.51. The van der Waals surface area contributed by atoms with Gasteiger partial charge in [-0.3, -0.25) is 0 Å². The fourth-order valence-electron chi connectivity index (χ4n) is 2.97. The Morgan fingerprint density at radius 3 is 2.25 bits per heavy atom. The zero-order chi connectivity index (χ0) is 19.8. The zero-order valence-corrected chi connectivity index (χ0v) is 16.9. The lowest BCUT2D eigenvalue weighted by molar-refractivity contribution is -0.686. The van der Waals surface area contributed by atoms with Crippen LogP contribution in [0.3, 0.4) is 0 Å². The van der Waals surface area contributed by atoms with Crippen molar-refractivity contribution in [3.05, 3.63) is 88.4 Å². The van der Waals surface area contributed by atoms with Gasteiger partial charge in [0.25, 0.3) is 0 Å². The Bertz CT molecular complexity index is 897. The monoisotopic (exact) mass is 398 g/mol. The predicted molar refractivity (Wildman–Crippen MR) is 111 cm³/mol. The Hall–Kier alpha value is -2.69. The molecule has 0 aliphatic heterocycles. The molecule has 0 saturated heterocycles. The molecule has 146 valence electrons. The van der Waals surface area contributed by atoms with Gasteiger partial charge in [-0.25, -0.2) is 0 Å². The minimum atomic E-state index is 0.394. The quantitative estimate of drug-likeness (QED) is 0.587. The van der Waals surface area contributed by atoms with Crippen molar-refractivity contribution in [1.82, 2.24) is 0 Å². The highest BCUT2D eigenvalue weighted by molar-refractivity contribution is 6.31. The Morgan fingerprint density at radius 2 is 1.54 bits per heavy atom. The van der Waals surface area contributed by atoms with Gasteiger partial charge >= 0.3 is 0 Å². The minimum Gasteiger partial charge on any atom is -0.497 e. The molecule has 3 rings (SSSR count). The van der Waals surface area contributed by atoms with Gasteiger partial charge in [-0.15, -0.1) is 0 Å². The molecule has 0 bridgehead atoms. The summed E-state index contributed by atoms with van der Waals surface area (Å²) >= 11 is 6.25. The molecule has 5 heteroatoms. The number of hydrogen-bond acceptors (Lipinski definition) is 3. The van der Waals surface area contributed by atoms with E-state index in [1.54, 1.807) is 14.2 Å². The first-order chi connectivity index (χ1) is 13.7. The van der Waals surface area contributed by atoms with Crippen LogP contribution in [0.5, 0.6) is 17.2 Å². The van der Waals surface area contributed by atoms with E-state index < -0.39 is 0 Å². The maximum atomic E-state index is 6.25. The summed E-state index contributed by atoms with van der Waals surface area (Å²) < 4.78 is 16.8. The van der Waals surface area contributed by atoms with E-state index in [4.69, 9.17) is 25.8 Å². The van der Waals surface area contributed by atoms with E-state index in [9.17, 15) is 0 Å². The van der Waals surface area contributed by atoms with Gasteiger partial charge in [0.2, 0.25) is 0 Å². The summed E-state index contributed by atoms with van der Waals surface area (Å²) in [5.74, 6) is 2.35. The number of benzene rings is 3. The highest BCUT2D eigenvalue weighted by Crippen LogP contribution is 2.32. The van der Waals surface area contributed by atoms with Gasteiger partial charge in [0.15, 0.2) is 11.5 Å². The molecule has 0 spiro atoms. The number of quaternary nitrogens is 1. The van der Waals surface area contributed by atoms with E-state index in [1.807, 2.05) is 48.5 Å². The molecule has 0 radical (unpaired) electrons. The van der Waals surface area contributed by atoms with E-state index in [2.05, 4.69) is 23.5 Å². The van der Waals surface area contributed by atoms with E-state index in [0.717, 1.165) is 41.5 Å². The number of halogens is 1. The maximum Gasteiger partial charge on any atom is 0.170 e. The molecular formula is C23H25ClNO3+. The van der Waals surface area contributed by atoms with Crippen molar-refractivity contribution in [3.63, 3.8) is 0 Å². The molecule has 0 heterocycles. The molecule has 0 fully saturated rings. The molecule has 4 nitrogen and oxygen atoms in total. The van der Waals surface area contributed by atoms with E-state index >= 15 is 0 Å². The highest BCUT2D eigenvalue weighted by atomic mass is 35.5. The first kappa shape index (κ1) is 20.1. The van der Waals surface area contributed by atoms with Gasteiger partial charge in [0.05, 0.1) is 19.8 Å². The van der Waals surface area contributed by atoms with Gasteiger partial charge < -0.3 is 19.5 Å². The smallest absolute Gasteiger partial charge is 0.170 e. The largest absolute Gasteiger partial charge is 0.497 e. The summed E-state index contributed by atoms with van der Waals surface area (Å²) in [6.45, 7) is 2.04. The van der Waals surface area contributed by atoms with Crippen LogP contribution < -0.4 is 19.5 Å². The normalized spacial score (nSPS) is 10.5. The molecule has 3 aromatic carbocycles. The van der Waals surface area contributed by atoms with Crippen molar-refractivity contribution in [2.24, 2.45) is 0 Å². The van der Waals surface area contributed by atoms with Crippen LogP contribution in [0, 0.1) is 0 Å². The van der Waals surface area contributed by atoms with E-state index in [0.29, 0.717) is 11.6 Å². The molecule has 0 aliphatic carbocycles. The summed E-state index contributed by atoms with van der Waals surface area (Å²) in [4.78, 5) is 0. The maximum absolute atomic E-state index is 6.25. The number of rotatable bonds is 9. The number of methoxy groups -OCH3 is 2. The predicted octanol–water partition coefficient (Wildman–Crippen LogP) is 4.20. The second-order valence-corrected chi connectivity index (χ2v) is 6.78. The Kier molecular flexibility index (Phi) is 7.18. The fraction of sp³-hybridized carbons (Fsp3) is 0.217. The molecule has 0 aromatic heterocycles. The van der Waals surface area contributed by atoms with Crippen LogP contribution in [0.25, 0.3) is 0 Å². The summed E-state index contributed by atoms with van der Waals surface area (Å²) in [5, 5.41) is 2.93. The van der Waals surface area contributed by atoms with Crippen LogP contribution in [0.2, 0.25) is 5.02 Å². The summed E-state index contributed by atoms with van der Waals surface area (Å²) in [7, 11) is 3.33. The summed E-state index contributed by atoms with van der Waals surface area (Å²) in [6.07, 6.45) is 0. The first-order valence-corrected chi connectivity index (χ1v) is 9.55. The average Bonchev–Trinajstić information content (AvgIpc) is 2.74. The van der Waals surface area contributed by atoms with Crippen LogP contribution in [-0.2, 0) is 19.7 Å². The molecular weight excluding hydrogens is 374 g/mol. The van der Waals surface area contributed by atoms with Crippen LogP contribution in [0.4, 0.5) is 0 Å². The van der Waals surface area contributed by atoms with Crippen LogP contribution >= 0.6 is 11.6 Å². The second kappa shape index (κ2) is 10.0. The van der Waals surface area contributed by atoms with Crippen molar-refractivity contribution in [3.8, 4) is 17.2 Å². The number of hydrogen-bond donors (Lipinski definition) is 1. The molecule has 2 N–H and O–H groups in total. The highest BCUT2D eigenvalue weighted by Gasteiger charge is 2.13. The van der Waals surface area contributed by atoms with Gasteiger partial charge in [-0.2, -0.15) is 0 Å². The van der Waals surface area contributed by atoms with Crippen molar-refractivity contribution >= 4 is 11.6 Å². The summed E-state index contributed by atoms with van der Waals surface area (Å²) in [6, 6.07) is 21.8. The lowest BCUT2D eigenvalue weighted by Crippen LogP contribution is -2.80. The van der Waals surface area contributed by atoms with Crippen LogP contribution in [0.15, 0.2) is 66.7 Å². The van der Waals surface area contributed by atoms with Gasteiger partial charge in [-0.05, 0) is 42.5 Å². The third-order valence-corrected chi connectivity index (χ3v) is 4.88. The Balaban J connectivity index is 1.67. The number of para-hydroxylation sites is 1. The zero-order valence-electron chi connectivity index (χ0n) is 16.2.